The summed E-state index contributed by atoms with van der Waals surface area (Å²) in [6, 6.07) is 15.5. The average Bonchev–Trinajstić information content (AvgIpc) is 3.29. The van der Waals surface area contributed by atoms with Crippen LogP contribution in [0.4, 0.5) is 0 Å². The molecule has 3 aromatic rings. The summed E-state index contributed by atoms with van der Waals surface area (Å²) in [6.45, 7) is 7.38. The maximum absolute atomic E-state index is 13.3. The van der Waals surface area contributed by atoms with E-state index in [-0.39, 0.29) is 29.5 Å². The van der Waals surface area contributed by atoms with Gasteiger partial charge in [-0.3, -0.25) is 9.59 Å². The van der Waals surface area contributed by atoms with Crippen LogP contribution >= 0.6 is 0 Å². The van der Waals surface area contributed by atoms with Gasteiger partial charge in [0, 0.05) is 11.1 Å². The van der Waals surface area contributed by atoms with Crippen LogP contribution in [0.15, 0.2) is 64.6 Å². The van der Waals surface area contributed by atoms with Crippen LogP contribution < -0.4 is 5.32 Å². The van der Waals surface area contributed by atoms with Gasteiger partial charge >= 0.3 is 0 Å². The Kier molecular flexibility index (Phi) is 6.18. The Bertz CT molecular complexity index is 1420. The third-order valence-corrected chi connectivity index (χ3v) is 7.90. The van der Waals surface area contributed by atoms with E-state index < -0.39 is 15.9 Å². The van der Waals surface area contributed by atoms with Gasteiger partial charge in [-0.25, -0.2) is 12.7 Å². The van der Waals surface area contributed by atoms with E-state index in [1.807, 2.05) is 32.9 Å². The zero-order chi connectivity index (χ0) is 24.6. The number of aryl methyl sites for hydroxylation is 3. The third kappa shape index (κ3) is 4.41. The minimum absolute atomic E-state index is 0.0461. The maximum atomic E-state index is 13.3. The second-order valence-corrected chi connectivity index (χ2v) is 10.3. The van der Waals surface area contributed by atoms with Crippen molar-refractivity contribution in [2.45, 2.75) is 40.8 Å². The van der Waals surface area contributed by atoms with Crippen molar-refractivity contribution in [2.75, 3.05) is 0 Å². The summed E-state index contributed by atoms with van der Waals surface area (Å²) in [4.78, 5) is 25.3. The van der Waals surface area contributed by atoms with Crippen molar-refractivity contribution in [2.24, 2.45) is 0 Å². The molecule has 0 fully saturated rings. The Labute approximate surface area is 199 Å². The number of nitrogens with zero attached hydrogens (tertiary/aromatic N) is 1. The molecule has 0 bridgehead atoms. The normalized spacial score (nSPS) is 15.2. The van der Waals surface area contributed by atoms with Gasteiger partial charge in [0.15, 0.2) is 0 Å². The van der Waals surface area contributed by atoms with Crippen LogP contribution in [-0.2, 0) is 27.9 Å². The molecule has 2 aromatic carbocycles. The standard InChI is InChI=1S/C26H26N2O5S/c1-16-5-9-22(13-17(16)2)24-19(4)26(30)28(34(24,31)32)15-20-7-10-21(11-8-20)25(29)27-14-23-12-6-18(3)33-23/h5-13H,14-15H2,1-4H3,(H,27,29). The van der Waals surface area contributed by atoms with E-state index in [9.17, 15) is 18.0 Å². The lowest BCUT2D eigenvalue weighted by molar-refractivity contribution is -0.122. The van der Waals surface area contributed by atoms with E-state index >= 15 is 0 Å². The molecule has 0 spiro atoms. The summed E-state index contributed by atoms with van der Waals surface area (Å²) in [7, 11) is -4.00. The number of hydrogen-bond donors (Lipinski definition) is 1. The van der Waals surface area contributed by atoms with Crippen LogP contribution in [0.25, 0.3) is 4.91 Å². The first-order chi connectivity index (χ1) is 16.1. The lowest BCUT2D eigenvalue weighted by Crippen LogP contribution is -2.31. The van der Waals surface area contributed by atoms with Gasteiger partial charge in [-0.1, -0.05) is 30.3 Å². The minimum atomic E-state index is -4.00. The number of furan rings is 1. The van der Waals surface area contributed by atoms with Crippen LogP contribution in [0.1, 0.15) is 51.1 Å². The third-order valence-electron chi connectivity index (χ3n) is 5.97. The second-order valence-electron chi connectivity index (χ2n) is 8.46. The Morgan fingerprint density at radius 1 is 0.941 bits per heavy atom. The molecule has 1 aromatic heterocycles. The Morgan fingerprint density at radius 3 is 2.26 bits per heavy atom. The zero-order valence-corrected chi connectivity index (χ0v) is 20.3. The summed E-state index contributed by atoms with van der Waals surface area (Å²) < 4.78 is 32.9. The van der Waals surface area contributed by atoms with Crippen molar-refractivity contribution in [1.29, 1.82) is 0 Å². The van der Waals surface area contributed by atoms with Gasteiger partial charge in [0.2, 0.25) is 0 Å². The fourth-order valence-corrected chi connectivity index (χ4v) is 5.67. The number of rotatable bonds is 6. The van der Waals surface area contributed by atoms with E-state index in [2.05, 4.69) is 5.32 Å². The summed E-state index contributed by atoms with van der Waals surface area (Å²) >= 11 is 0. The summed E-state index contributed by atoms with van der Waals surface area (Å²) in [6.07, 6.45) is 0. The van der Waals surface area contributed by atoms with Crippen LogP contribution in [0.3, 0.4) is 0 Å². The smallest absolute Gasteiger partial charge is 0.268 e. The molecule has 0 atom stereocenters. The predicted octanol–water partition coefficient (Wildman–Crippen LogP) is 4.24. The number of carbonyl (C=O) groups excluding carboxylic acids is 2. The number of amides is 2. The molecule has 4 rings (SSSR count). The fraction of sp³-hybridized carbons (Fsp3) is 0.231. The van der Waals surface area contributed by atoms with E-state index in [1.54, 1.807) is 49.4 Å². The molecule has 0 radical (unpaired) electrons. The van der Waals surface area contributed by atoms with Gasteiger partial charge in [0.05, 0.1) is 13.1 Å². The zero-order valence-electron chi connectivity index (χ0n) is 19.5. The van der Waals surface area contributed by atoms with Crippen LogP contribution in [0.5, 0.6) is 0 Å². The minimum Gasteiger partial charge on any atom is -0.465 e. The van der Waals surface area contributed by atoms with Crippen molar-refractivity contribution in [3.05, 3.63) is 99.5 Å². The highest BCUT2D eigenvalue weighted by atomic mass is 32.2. The monoisotopic (exact) mass is 478 g/mol. The second kappa shape index (κ2) is 8.95. The van der Waals surface area contributed by atoms with Gasteiger partial charge in [0.25, 0.3) is 21.8 Å². The molecule has 1 aliphatic rings. The molecule has 34 heavy (non-hydrogen) atoms. The lowest BCUT2D eigenvalue weighted by atomic mass is 10.0. The van der Waals surface area contributed by atoms with Gasteiger partial charge in [-0.15, -0.1) is 0 Å². The van der Waals surface area contributed by atoms with Gasteiger partial charge in [-0.2, -0.15) is 0 Å². The molecule has 1 N–H and O–H groups in total. The summed E-state index contributed by atoms with van der Waals surface area (Å²) in [5, 5.41) is 2.78. The lowest BCUT2D eigenvalue weighted by Gasteiger charge is -2.17. The first-order valence-electron chi connectivity index (χ1n) is 10.9. The highest BCUT2D eigenvalue weighted by Gasteiger charge is 2.42. The van der Waals surface area contributed by atoms with Crippen molar-refractivity contribution in [3.8, 4) is 0 Å². The van der Waals surface area contributed by atoms with E-state index in [0.29, 0.717) is 22.5 Å². The van der Waals surface area contributed by atoms with Gasteiger partial charge < -0.3 is 9.73 Å². The SMILES string of the molecule is CC1=C(c2ccc(C)c(C)c2)S(=O)(=O)N(Cc2ccc(C(=O)NCc3ccc(C)o3)cc2)C1=O. The fourth-order valence-electron chi connectivity index (χ4n) is 3.88. The van der Waals surface area contributed by atoms with Gasteiger partial charge in [0.1, 0.15) is 16.4 Å². The molecule has 7 nitrogen and oxygen atoms in total. The average molecular weight is 479 g/mol. The first-order valence-corrected chi connectivity index (χ1v) is 12.3. The van der Waals surface area contributed by atoms with Crippen molar-refractivity contribution in [1.82, 2.24) is 9.62 Å². The molecule has 2 amide bonds. The predicted molar refractivity (Wildman–Crippen MR) is 129 cm³/mol. The molecule has 2 heterocycles. The highest BCUT2D eigenvalue weighted by Crippen LogP contribution is 2.37. The molecule has 0 saturated heterocycles. The summed E-state index contributed by atoms with van der Waals surface area (Å²) in [5.41, 5.74) is 3.73. The number of carbonyl (C=O) groups is 2. The largest absolute Gasteiger partial charge is 0.465 e. The van der Waals surface area contributed by atoms with Crippen molar-refractivity contribution >= 4 is 26.7 Å². The van der Waals surface area contributed by atoms with Gasteiger partial charge in [-0.05, 0) is 74.2 Å². The number of hydrogen-bond acceptors (Lipinski definition) is 5. The molecular formula is C26H26N2O5S. The van der Waals surface area contributed by atoms with Crippen molar-refractivity contribution in [3.63, 3.8) is 0 Å². The Hall–Kier alpha value is -3.65. The Balaban J connectivity index is 1.49. The number of nitrogens with one attached hydrogen (secondary N) is 1. The topological polar surface area (TPSA) is 96.7 Å². The number of benzene rings is 2. The summed E-state index contributed by atoms with van der Waals surface area (Å²) in [5.74, 6) is 0.608. The molecule has 0 saturated carbocycles. The van der Waals surface area contributed by atoms with E-state index in [1.165, 1.54) is 0 Å². The first kappa shape index (κ1) is 23.5. The van der Waals surface area contributed by atoms with Crippen LogP contribution in [-0.4, -0.2) is 24.5 Å². The van der Waals surface area contributed by atoms with Crippen molar-refractivity contribution < 1.29 is 22.4 Å². The molecule has 176 valence electrons. The van der Waals surface area contributed by atoms with E-state index in [4.69, 9.17) is 4.42 Å². The number of sulfonamides is 1. The highest BCUT2D eigenvalue weighted by molar-refractivity contribution is 7.99. The molecule has 0 unspecified atom stereocenters. The molecule has 8 heteroatoms. The molecule has 0 aliphatic carbocycles. The quantitative estimate of drug-likeness (QED) is 0.572. The van der Waals surface area contributed by atoms with Crippen LogP contribution in [0.2, 0.25) is 0 Å². The van der Waals surface area contributed by atoms with Crippen LogP contribution in [0, 0.1) is 20.8 Å². The van der Waals surface area contributed by atoms with E-state index in [0.717, 1.165) is 21.2 Å². The Morgan fingerprint density at radius 2 is 1.65 bits per heavy atom. The maximum Gasteiger partial charge on any atom is 0.268 e. The molecular weight excluding hydrogens is 452 g/mol. The molecule has 1 aliphatic heterocycles.